The minimum Gasteiger partial charge on any atom is -0.332 e. The van der Waals surface area contributed by atoms with Gasteiger partial charge in [0.15, 0.2) is 10.9 Å². The lowest BCUT2D eigenvalue weighted by atomic mass is 10.3. The molecule has 0 aliphatic carbocycles. The molecular formula is C13H8Br2F2N2S. The summed E-state index contributed by atoms with van der Waals surface area (Å²) in [6.07, 6.45) is 0. The smallest absolute Gasteiger partial charge is 0.175 e. The Kier molecular flexibility index (Phi) is 5.06. The second-order valence-corrected chi connectivity index (χ2v) is 6.01. The number of halogens is 4. The van der Waals surface area contributed by atoms with Crippen LogP contribution in [0.3, 0.4) is 0 Å². The van der Waals surface area contributed by atoms with Crippen LogP contribution in [0.2, 0.25) is 0 Å². The van der Waals surface area contributed by atoms with Crippen molar-refractivity contribution in [3.05, 3.63) is 57.0 Å². The molecule has 0 amide bonds. The van der Waals surface area contributed by atoms with E-state index in [1.54, 1.807) is 0 Å². The van der Waals surface area contributed by atoms with E-state index < -0.39 is 11.6 Å². The van der Waals surface area contributed by atoms with Gasteiger partial charge >= 0.3 is 0 Å². The summed E-state index contributed by atoms with van der Waals surface area (Å²) < 4.78 is 27.8. The Bertz CT molecular complexity index is 624. The molecule has 0 aromatic heterocycles. The van der Waals surface area contributed by atoms with Gasteiger partial charge in [-0.2, -0.15) is 0 Å². The molecule has 0 spiro atoms. The Morgan fingerprint density at radius 3 is 2.25 bits per heavy atom. The lowest BCUT2D eigenvalue weighted by molar-refractivity contribution is 0.585. The zero-order valence-electron chi connectivity index (χ0n) is 9.88. The van der Waals surface area contributed by atoms with Gasteiger partial charge in [-0.3, -0.25) is 0 Å². The molecule has 0 saturated heterocycles. The molecule has 0 aliphatic rings. The van der Waals surface area contributed by atoms with Gasteiger partial charge in [-0.1, -0.05) is 15.9 Å². The fourth-order valence-electron chi connectivity index (χ4n) is 1.47. The number of hydrogen-bond donors (Lipinski definition) is 2. The zero-order chi connectivity index (χ0) is 14.7. The summed E-state index contributed by atoms with van der Waals surface area (Å²) >= 11 is 11.5. The van der Waals surface area contributed by atoms with Crippen molar-refractivity contribution >= 4 is 60.6 Å². The van der Waals surface area contributed by atoms with Crippen LogP contribution in [0, 0.1) is 11.6 Å². The van der Waals surface area contributed by atoms with Gasteiger partial charge < -0.3 is 10.6 Å². The summed E-state index contributed by atoms with van der Waals surface area (Å²) in [6, 6.07) is 9.27. The molecule has 7 heteroatoms. The van der Waals surface area contributed by atoms with Crippen molar-refractivity contribution in [1.29, 1.82) is 0 Å². The highest BCUT2D eigenvalue weighted by molar-refractivity contribution is 9.10. The lowest BCUT2D eigenvalue weighted by Gasteiger charge is -2.12. The predicted molar refractivity (Wildman–Crippen MR) is 88.0 cm³/mol. The van der Waals surface area contributed by atoms with Crippen molar-refractivity contribution in [1.82, 2.24) is 0 Å². The third-order valence-corrected chi connectivity index (χ3v) is 3.71. The van der Waals surface area contributed by atoms with Crippen LogP contribution in [0.1, 0.15) is 0 Å². The number of anilines is 2. The summed E-state index contributed by atoms with van der Waals surface area (Å²) in [7, 11) is 0. The molecule has 2 rings (SSSR count). The quantitative estimate of drug-likeness (QED) is 0.643. The van der Waals surface area contributed by atoms with Crippen molar-refractivity contribution in [2.24, 2.45) is 0 Å². The van der Waals surface area contributed by atoms with Crippen molar-refractivity contribution in [3.8, 4) is 0 Å². The number of hydrogen-bond acceptors (Lipinski definition) is 1. The van der Waals surface area contributed by atoms with Gasteiger partial charge in [0.05, 0.1) is 5.69 Å². The summed E-state index contributed by atoms with van der Waals surface area (Å²) in [5.74, 6) is -1.39. The second-order valence-electron chi connectivity index (χ2n) is 3.83. The van der Waals surface area contributed by atoms with E-state index in [4.69, 9.17) is 12.2 Å². The highest BCUT2D eigenvalue weighted by Crippen LogP contribution is 2.27. The normalized spacial score (nSPS) is 10.2. The fourth-order valence-corrected chi connectivity index (χ4v) is 2.46. The Hall–Kier alpha value is -1.05. The summed E-state index contributed by atoms with van der Waals surface area (Å²) in [5, 5.41) is 5.80. The third-order valence-electron chi connectivity index (χ3n) is 2.35. The molecule has 0 saturated carbocycles. The first-order valence-electron chi connectivity index (χ1n) is 5.44. The minimum atomic E-state index is -0.725. The molecule has 0 unspecified atom stereocenters. The van der Waals surface area contributed by atoms with E-state index in [1.807, 2.05) is 24.3 Å². The topological polar surface area (TPSA) is 24.1 Å². The van der Waals surface area contributed by atoms with Crippen molar-refractivity contribution < 1.29 is 8.78 Å². The van der Waals surface area contributed by atoms with Crippen LogP contribution in [-0.2, 0) is 0 Å². The number of thiocarbonyl (C=S) groups is 1. The molecule has 0 atom stereocenters. The molecule has 0 bridgehead atoms. The lowest BCUT2D eigenvalue weighted by Crippen LogP contribution is -2.20. The van der Waals surface area contributed by atoms with Gasteiger partial charge in [0, 0.05) is 20.7 Å². The standard InChI is InChI=1S/C13H8Br2F2N2S/c14-7-1-3-9(4-2-7)18-13(20)19-12-10(15)5-8(16)6-11(12)17/h1-6H,(H2,18,19,20). The van der Waals surface area contributed by atoms with E-state index in [0.29, 0.717) is 0 Å². The van der Waals surface area contributed by atoms with Crippen molar-refractivity contribution in [2.75, 3.05) is 10.6 Å². The van der Waals surface area contributed by atoms with Gasteiger partial charge in [0.2, 0.25) is 0 Å². The first-order chi connectivity index (χ1) is 9.45. The van der Waals surface area contributed by atoms with Gasteiger partial charge in [0.1, 0.15) is 5.82 Å². The van der Waals surface area contributed by atoms with Crippen LogP contribution in [0.5, 0.6) is 0 Å². The number of rotatable bonds is 2. The van der Waals surface area contributed by atoms with E-state index in [0.717, 1.165) is 22.3 Å². The molecule has 0 heterocycles. The van der Waals surface area contributed by atoms with E-state index in [9.17, 15) is 8.78 Å². The zero-order valence-corrected chi connectivity index (χ0v) is 13.9. The summed E-state index contributed by atoms with van der Waals surface area (Å²) in [5.41, 5.74) is 0.838. The highest BCUT2D eigenvalue weighted by atomic mass is 79.9. The summed E-state index contributed by atoms with van der Waals surface area (Å²) in [4.78, 5) is 0. The second kappa shape index (κ2) is 6.60. The molecule has 2 N–H and O–H groups in total. The van der Waals surface area contributed by atoms with Crippen molar-refractivity contribution in [2.45, 2.75) is 0 Å². The molecule has 0 fully saturated rings. The summed E-state index contributed by atoms with van der Waals surface area (Å²) in [6.45, 7) is 0. The first kappa shape index (κ1) is 15.3. The average Bonchev–Trinajstić information content (AvgIpc) is 2.36. The van der Waals surface area contributed by atoms with Crippen LogP contribution in [0.15, 0.2) is 45.3 Å². The maximum absolute atomic E-state index is 13.6. The molecule has 0 radical (unpaired) electrons. The van der Waals surface area contributed by atoms with Crippen LogP contribution < -0.4 is 10.6 Å². The average molecular weight is 422 g/mol. The monoisotopic (exact) mass is 420 g/mol. The number of nitrogens with one attached hydrogen (secondary N) is 2. The van der Waals surface area contributed by atoms with Crippen LogP contribution in [-0.4, -0.2) is 5.11 Å². The SMILES string of the molecule is Fc1cc(F)c(NC(=S)Nc2ccc(Br)cc2)c(Br)c1. The largest absolute Gasteiger partial charge is 0.332 e. The van der Waals surface area contributed by atoms with E-state index in [-0.39, 0.29) is 15.3 Å². The van der Waals surface area contributed by atoms with Crippen molar-refractivity contribution in [3.63, 3.8) is 0 Å². The molecule has 104 valence electrons. The van der Waals surface area contributed by atoms with Crippen LogP contribution in [0.25, 0.3) is 0 Å². The molecule has 2 aromatic rings. The first-order valence-corrected chi connectivity index (χ1v) is 7.43. The predicted octanol–water partition coefficient (Wildman–Crippen LogP) is 5.30. The van der Waals surface area contributed by atoms with Crippen LogP contribution in [0.4, 0.5) is 20.2 Å². The molecule has 0 aliphatic heterocycles. The maximum atomic E-state index is 13.6. The number of benzene rings is 2. The molecule has 20 heavy (non-hydrogen) atoms. The van der Waals surface area contributed by atoms with Crippen LogP contribution >= 0.6 is 44.1 Å². The fraction of sp³-hybridized carbons (Fsp3) is 0. The van der Waals surface area contributed by atoms with E-state index in [2.05, 4.69) is 42.5 Å². The van der Waals surface area contributed by atoms with Gasteiger partial charge in [-0.05, 0) is 58.5 Å². The van der Waals surface area contributed by atoms with Gasteiger partial charge in [-0.15, -0.1) is 0 Å². The minimum absolute atomic E-state index is 0.0843. The third kappa shape index (κ3) is 3.97. The highest BCUT2D eigenvalue weighted by Gasteiger charge is 2.11. The molecule has 2 aromatic carbocycles. The maximum Gasteiger partial charge on any atom is 0.175 e. The van der Waals surface area contributed by atoms with Gasteiger partial charge in [0.25, 0.3) is 0 Å². The Morgan fingerprint density at radius 2 is 1.65 bits per heavy atom. The Balaban J connectivity index is 2.10. The Morgan fingerprint density at radius 1 is 1.00 bits per heavy atom. The van der Waals surface area contributed by atoms with E-state index >= 15 is 0 Å². The molecule has 2 nitrogen and oxygen atoms in total. The van der Waals surface area contributed by atoms with Gasteiger partial charge in [-0.25, -0.2) is 8.78 Å². The Labute approximate surface area is 136 Å². The molecular weight excluding hydrogens is 414 g/mol. The van der Waals surface area contributed by atoms with E-state index in [1.165, 1.54) is 0 Å².